The maximum atomic E-state index is 12.7. The van der Waals surface area contributed by atoms with Gasteiger partial charge in [-0.25, -0.2) is 4.98 Å². The van der Waals surface area contributed by atoms with Crippen LogP contribution in [0, 0.1) is 0 Å². The lowest BCUT2D eigenvalue weighted by Gasteiger charge is -2.31. The van der Waals surface area contributed by atoms with Crippen LogP contribution in [0.4, 0.5) is 0 Å². The van der Waals surface area contributed by atoms with Gasteiger partial charge in [0.1, 0.15) is 16.4 Å². The third-order valence-corrected chi connectivity index (χ3v) is 5.46. The molecule has 2 aromatic heterocycles. The van der Waals surface area contributed by atoms with Crippen LogP contribution in [0.1, 0.15) is 17.4 Å². The Balaban J connectivity index is 1.61. The highest BCUT2D eigenvalue weighted by Crippen LogP contribution is 2.33. The number of benzene rings is 1. The number of aromatic nitrogens is 3. The van der Waals surface area contributed by atoms with Crippen molar-refractivity contribution in [1.82, 2.24) is 25.4 Å². The molecule has 1 amide bonds. The molecular formula is C18H18ClN5OS. The molecule has 8 heteroatoms. The Morgan fingerprint density at radius 2 is 2.31 bits per heavy atom. The summed E-state index contributed by atoms with van der Waals surface area (Å²) < 4.78 is 0. The highest BCUT2D eigenvalue weighted by molar-refractivity contribution is 7.13. The number of nitrogens with one attached hydrogen (secondary N) is 2. The summed E-state index contributed by atoms with van der Waals surface area (Å²) in [6, 6.07) is 7.83. The van der Waals surface area contributed by atoms with Gasteiger partial charge in [-0.15, -0.1) is 11.3 Å². The van der Waals surface area contributed by atoms with Gasteiger partial charge in [-0.2, -0.15) is 5.10 Å². The van der Waals surface area contributed by atoms with Crippen LogP contribution in [-0.2, 0) is 0 Å². The Hall–Kier alpha value is -2.22. The second-order valence-electron chi connectivity index (χ2n) is 6.30. The number of thiazole rings is 1. The van der Waals surface area contributed by atoms with E-state index >= 15 is 0 Å². The smallest absolute Gasteiger partial charge is 0.273 e. The summed E-state index contributed by atoms with van der Waals surface area (Å²) in [5.41, 5.74) is 3.03. The lowest BCUT2D eigenvalue weighted by atomic mass is 10.1. The van der Waals surface area contributed by atoms with Crippen LogP contribution in [0.5, 0.6) is 0 Å². The zero-order chi connectivity index (χ0) is 18.1. The molecule has 0 saturated carbocycles. The van der Waals surface area contributed by atoms with Crippen molar-refractivity contribution in [3.8, 4) is 21.8 Å². The summed E-state index contributed by atoms with van der Waals surface area (Å²) in [5.74, 6) is -0.0198. The molecule has 6 nitrogen and oxygen atoms in total. The molecule has 1 atom stereocenters. The Kier molecular flexibility index (Phi) is 4.76. The standard InChI is InChI=1S/C18H18ClN5OS/c1-11-9-24(6-5-20-11)18(25)15-10-26-17(22-15)14-8-21-23-16(14)12-3-2-4-13(19)7-12/h2-4,7-8,10-11,20H,5-6,9H2,1H3,(H,21,23)/t11-/m0/s1. The van der Waals surface area contributed by atoms with E-state index in [0.29, 0.717) is 29.8 Å². The summed E-state index contributed by atoms with van der Waals surface area (Å²) in [6.07, 6.45) is 1.80. The van der Waals surface area contributed by atoms with Gasteiger partial charge in [-0.05, 0) is 19.1 Å². The van der Waals surface area contributed by atoms with Gasteiger partial charge in [0.05, 0.1) is 5.56 Å². The summed E-state index contributed by atoms with van der Waals surface area (Å²) >= 11 is 7.54. The van der Waals surface area contributed by atoms with Gasteiger partial charge in [-0.3, -0.25) is 9.89 Å². The molecular weight excluding hydrogens is 370 g/mol. The minimum Gasteiger partial charge on any atom is -0.334 e. The third-order valence-electron chi connectivity index (χ3n) is 4.35. The zero-order valence-electron chi connectivity index (χ0n) is 14.2. The van der Waals surface area contributed by atoms with Crippen molar-refractivity contribution in [3.05, 3.63) is 46.6 Å². The molecule has 4 rings (SSSR count). The van der Waals surface area contributed by atoms with Gasteiger partial charge in [-0.1, -0.05) is 23.7 Å². The normalized spacial score (nSPS) is 17.5. The molecule has 1 aliphatic heterocycles. The maximum absolute atomic E-state index is 12.7. The summed E-state index contributed by atoms with van der Waals surface area (Å²) in [4.78, 5) is 19.2. The molecule has 2 N–H and O–H groups in total. The maximum Gasteiger partial charge on any atom is 0.273 e. The molecule has 0 bridgehead atoms. The Morgan fingerprint density at radius 3 is 3.12 bits per heavy atom. The first-order valence-electron chi connectivity index (χ1n) is 8.40. The number of hydrogen-bond acceptors (Lipinski definition) is 5. The fourth-order valence-electron chi connectivity index (χ4n) is 3.08. The Labute approximate surface area is 160 Å². The summed E-state index contributed by atoms with van der Waals surface area (Å²) in [5, 5.41) is 13.8. The SMILES string of the molecule is C[C@H]1CN(C(=O)c2csc(-c3c[nH]nc3-c3cccc(Cl)c3)n2)CCN1. The fourth-order valence-corrected chi connectivity index (χ4v) is 4.08. The molecule has 1 saturated heterocycles. The van der Waals surface area contributed by atoms with Crippen LogP contribution in [0.25, 0.3) is 21.8 Å². The van der Waals surface area contributed by atoms with Crippen molar-refractivity contribution in [2.45, 2.75) is 13.0 Å². The summed E-state index contributed by atoms with van der Waals surface area (Å²) in [6.45, 7) is 4.29. The Bertz CT molecular complexity index is 937. The number of halogens is 1. The van der Waals surface area contributed by atoms with Gasteiger partial charge in [0.15, 0.2) is 0 Å². The second-order valence-corrected chi connectivity index (χ2v) is 7.60. The molecule has 26 heavy (non-hydrogen) atoms. The Morgan fingerprint density at radius 1 is 1.42 bits per heavy atom. The molecule has 0 spiro atoms. The monoisotopic (exact) mass is 387 g/mol. The first kappa shape index (κ1) is 17.2. The second kappa shape index (κ2) is 7.19. The van der Waals surface area contributed by atoms with Gasteiger partial charge in [0.25, 0.3) is 5.91 Å². The van der Waals surface area contributed by atoms with Crippen molar-refractivity contribution in [2.24, 2.45) is 0 Å². The molecule has 134 valence electrons. The van der Waals surface area contributed by atoms with Crippen LogP contribution in [0.15, 0.2) is 35.8 Å². The van der Waals surface area contributed by atoms with Gasteiger partial charge in [0.2, 0.25) is 0 Å². The number of nitrogens with zero attached hydrogens (tertiary/aromatic N) is 3. The van der Waals surface area contributed by atoms with Gasteiger partial charge in [0, 0.05) is 47.8 Å². The first-order chi connectivity index (χ1) is 12.6. The molecule has 3 heterocycles. The van der Waals surface area contributed by atoms with Crippen LogP contribution in [-0.4, -0.2) is 51.7 Å². The van der Waals surface area contributed by atoms with Crippen molar-refractivity contribution in [2.75, 3.05) is 19.6 Å². The van der Waals surface area contributed by atoms with E-state index in [9.17, 15) is 4.79 Å². The highest BCUT2D eigenvalue weighted by Gasteiger charge is 2.24. The molecule has 0 radical (unpaired) electrons. The van der Waals surface area contributed by atoms with E-state index in [1.54, 1.807) is 6.20 Å². The predicted molar refractivity (Wildman–Crippen MR) is 104 cm³/mol. The van der Waals surface area contributed by atoms with Crippen LogP contribution >= 0.6 is 22.9 Å². The number of rotatable bonds is 3. The number of aromatic amines is 1. The van der Waals surface area contributed by atoms with Crippen molar-refractivity contribution < 1.29 is 4.79 Å². The number of piperazine rings is 1. The van der Waals surface area contributed by atoms with E-state index in [-0.39, 0.29) is 5.91 Å². The topological polar surface area (TPSA) is 73.9 Å². The van der Waals surface area contributed by atoms with Crippen LogP contribution in [0.3, 0.4) is 0 Å². The third kappa shape index (κ3) is 3.38. The number of hydrogen-bond donors (Lipinski definition) is 2. The van der Waals surface area contributed by atoms with E-state index in [1.807, 2.05) is 34.5 Å². The quantitative estimate of drug-likeness (QED) is 0.723. The minimum atomic E-state index is -0.0198. The lowest BCUT2D eigenvalue weighted by Crippen LogP contribution is -2.51. The van der Waals surface area contributed by atoms with Gasteiger partial charge < -0.3 is 10.2 Å². The van der Waals surface area contributed by atoms with E-state index in [1.165, 1.54) is 11.3 Å². The van der Waals surface area contributed by atoms with Crippen molar-refractivity contribution in [1.29, 1.82) is 0 Å². The van der Waals surface area contributed by atoms with E-state index < -0.39 is 0 Å². The largest absolute Gasteiger partial charge is 0.334 e. The van der Waals surface area contributed by atoms with Crippen LogP contribution in [0.2, 0.25) is 5.02 Å². The number of amides is 1. The van der Waals surface area contributed by atoms with Gasteiger partial charge >= 0.3 is 0 Å². The fraction of sp³-hybridized carbons (Fsp3) is 0.278. The molecule has 0 aliphatic carbocycles. The minimum absolute atomic E-state index is 0.0198. The number of carbonyl (C=O) groups is 1. The number of carbonyl (C=O) groups excluding carboxylic acids is 1. The average Bonchev–Trinajstić information content (AvgIpc) is 3.30. The molecule has 1 fully saturated rings. The first-order valence-corrected chi connectivity index (χ1v) is 9.66. The lowest BCUT2D eigenvalue weighted by molar-refractivity contribution is 0.0704. The highest BCUT2D eigenvalue weighted by atomic mass is 35.5. The van der Waals surface area contributed by atoms with E-state index in [0.717, 1.165) is 28.4 Å². The molecule has 3 aromatic rings. The average molecular weight is 388 g/mol. The molecule has 0 unspecified atom stereocenters. The van der Waals surface area contributed by atoms with E-state index in [2.05, 4.69) is 27.4 Å². The van der Waals surface area contributed by atoms with Crippen molar-refractivity contribution in [3.63, 3.8) is 0 Å². The van der Waals surface area contributed by atoms with Crippen LogP contribution < -0.4 is 5.32 Å². The molecule has 1 aliphatic rings. The van der Waals surface area contributed by atoms with E-state index in [4.69, 9.17) is 11.6 Å². The predicted octanol–water partition coefficient (Wildman–Crippen LogP) is 3.29. The number of H-pyrrole nitrogens is 1. The molecule has 1 aromatic carbocycles. The zero-order valence-corrected chi connectivity index (χ0v) is 15.8. The summed E-state index contributed by atoms with van der Waals surface area (Å²) in [7, 11) is 0. The van der Waals surface area contributed by atoms with Crippen molar-refractivity contribution >= 4 is 28.8 Å².